The van der Waals surface area contributed by atoms with Gasteiger partial charge in [0.1, 0.15) is 17.5 Å². The zero-order valence-corrected chi connectivity index (χ0v) is 15.9. The molecule has 2 aliphatic rings. The highest BCUT2D eigenvalue weighted by Gasteiger charge is 2.35. The number of anilines is 2. The number of alkyl halides is 2. The molecule has 1 aliphatic carbocycles. The monoisotopic (exact) mass is 396 g/mol. The minimum atomic E-state index is -2.54. The Morgan fingerprint density at radius 1 is 1.19 bits per heavy atom. The first-order chi connectivity index (χ1) is 13.0. The lowest BCUT2D eigenvalue weighted by Crippen LogP contribution is -2.37. The molecule has 1 saturated carbocycles. The Morgan fingerprint density at radius 2 is 1.93 bits per heavy atom. The molecule has 146 valence electrons. The van der Waals surface area contributed by atoms with Crippen molar-refractivity contribution in [3.05, 3.63) is 11.9 Å². The number of halogens is 2. The van der Waals surface area contributed by atoms with E-state index < -0.39 is 5.92 Å². The Hall–Kier alpha value is -1.94. The van der Waals surface area contributed by atoms with Gasteiger partial charge in [0.25, 0.3) is 0 Å². The molecule has 2 aromatic heterocycles. The van der Waals surface area contributed by atoms with Gasteiger partial charge in [-0.15, -0.1) is 0 Å². The first kappa shape index (κ1) is 18.4. The molecular weight excluding hydrogens is 374 g/mol. The predicted molar refractivity (Wildman–Crippen MR) is 99.5 cm³/mol. The van der Waals surface area contributed by atoms with E-state index in [4.69, 9.17) is 4.74 Å². The van der Waals surface area contributed by atoms with Gasteiger partial charge in [0.2, 0.25) is 5.92 Å². The summed E-state index contributed by atoms with van der Waals surface area (Å²) < 4.78 is 36.5. The van der Waals surface area contributed by atoms with Crippen LogP contribution in [0, 0.1) is 6.92 Å². The second kappa shape index (κ2) is 7.59. The Labute approximate surface area is 160 Å². The number of nitrogens with zero attached hydrogens (tertiary/aromatic N) is 5. The molecule has 0 aromatic carbocycles. The van der Waals surface area contributed by atoms with Crippen molar-refractivity contribution in [3.8, 4) is 10.8 Å². The van der Waals surface area contributed by atoms with Crippen LogP contribution in [0.3, 0.4) is 0 Å². The molecule has 3 heterocycles. The van der Waals surface area contributed by atoms with Crippen molar-refractivity contribution in [1.82, 2.24) is 19.3 Å². The van der Waals surface area contributed by atoms with E-state index in [0.717, 1.165) is 18.9 Å². The third-order valence-electron chi connectivity index (χ3n) is 4.84. The quantitative estimate of drug-likeness (QED) is 0.851. The lowest BCUT2D eigenvalue weighted by atomic mass is 9.92. The summed E-state index contributed by atoms with van der Waals surface area (Å²) in [5, 5.41) is 3.98. The number of nitrogens with one attached hydrogen (secondary N) is 1. The van der Waals surface area contributed by atoms with Gasteiger partial charge < -0.3 is 15.0 Å². The molecule has 0 bridgehead atoms. The van der Waals surface area contributed by atoms with Crippen LogP contribution in [0.15, 0.2) is 6.07 Å². The first-order valence-corrected chi connectivity index (χ1v) is 9.93. The van der Waals surface area contributed by atoms with Crippen molar-refractivity contribution in [3.63, 3.8) is 0 Å². The van der Waals surface area contributed by atoms with Crippen LogP contribution in [0.1, 0.15) is 31.5 Å². The molecule has 1 aliphatic heterocycles. The van der Waals surface area contributed by atoms with E-state index in [0.29, 0.717) is 48.5 Å². The van der Waals surface area contributed by atoms with Crippen LogP contribution in [-0.2, 0) is 4.74 Å². The number of hydrogen-bond donors (Lipinski definition) is 1. The number of morpholine rings is 1. The Morgan fingerprint density at radius 3 is 2.59 bits per heavy atom. The number of aryl methyl sites for hydroxylation is 1. The molecule has 0 atom stereocenters. The lowest BCUT2D eigenvalue weighted by molar-refractivity contribution is -0.0361. The van der Waals surface area contributed by atoms with Gasteiger partial charge in [-0.2, -0.15) is 4.37 Å². The van der Waals surface area contributed by atoms with Crippen molar-refractivity contribution in [2.75, 3.05) is 36.5 Å². The van der Waals surface area contributed by atoms with E-state index in [1.165, 1.54) is 11.5 Å². The topological polar surface area (TPSA) is 76.1 Å². The highest BCUT2D eigenvalue weighted by molar-refractivity contribution is 7.09. The normalized spacial score (nSPS) is 20.6. The fourth-order valence-corrected chi connectivity index (χ4v) is 3.95. The average Bonchev–Trinajstić information content (AvgIpc) is 3.10. The Kier molecular flexibility index (Phi) is 5.18. The van der Waals surface area contributed by atoms with E-state index in [2.05, 4.69) is 29.5 Å². The van der Waals surface area contributed by atoms with Crippen molar-refractivity contribution in [1.29, 1.82) is 0 Å². The maximum Gasteiger partial charge on any atom is 0.248 e. The summed E-state index contributed by atoms with van der Waals surface area (Å²) in [4.78, 5) is 15.8. The molecule has 1 N–H and O–H groups in total. The highest BCUT2D eigenvalue weighted by atomic mass is 32.1. The van der Waals surface area contributed by atoms with Crippen LogP contribution in [0.4, 0.5) is 20.4 Å². The van der Waals surface area contributed by atoms with Gasteiger partial charge in [-0.25, -0.2) is 23.7 Å². The molecule has 10 heteroatoms. The minimum absolute atomic E-state index is 0.0129. The fourth-order valence-electron chi connectivity index (χ4n) is 3.34. The van der Waals surface area contributed by atoms with Gasteiger partial charge in [0, 0.05) is 38.0 Å². The molecule has 0 unspecified atom stereocenters. The van der Waals surface area contributed by atoms with E-state index in [1.54, 1.807) is 0 Å². The van der Waals surface area contributed by atoms with Gasteiger partial charge in [0.05, 0.1) is 13.2 Å². The summed E-state index contributed by atoms with van der Waals surface area (Å²) >= 11 is 1.26. The summed E-state index contributed by atoms with van der Waals surface area (Å²) in [5.41, 5.74) is 0. The predicted octanol–water partition coefficient (Wildman–Crippen LogP) is 3.13. The van der Waals surface area contributed by atoms with Crippen molar-refractivity contribution in [2.45, 2.75) is 44.6 Å². The molecule has 4 rings (SSSR count). The Balaban J connectivity index is 1.59. The molecule has 27 heavy (non-hydrogen) atoms. The largest absolute Gasteiger partial charge is 0.378 e. The van der Waals surface area contributed by atoms with Gasteiger partial charge in [-0.05, 0) is 31.3 Å². The first-order valence-electron chi connectivity index (χ1n) is 9.15. The molecule has 0 spiro atoms. The number of ether oxygens (including phenoxy) is 1. The summed E-state index contributed by atoms with van der Waals surface area (Å²) in [6.45, 7) is 4.63. The van der Waals surface area contributed by atoms with E-state index in [9.17, 15) is 8.78 Å². The molecular formula is C17H22F2N6OS. The van der Waals surface area contributed by atoms with Crippen LogP contribution < -0.4 is 10.2 Å². The van der Waals surface area contributed by atoms with Crippen LogP contribution in [-0.4, -0.2) is 57.6 Å². The summed E-state index contributed by atoms with van der Waals surface area (Å²) in [7, 11) is 0. The van der Waals surface area contributed by atoms with Crippen molar-refractivity contribution < 1.29 is 13.5 Å². The number of aromatic nitrogens is 4. The van der Waals surface area contributed by atoms with Gasteiger partial charge in [-0.1, -0.05) is 0 Å². The molecule has 7 nitrogen and oxygen atoms in total. The maximum absolute atomic E-state index is 13.4. The molecule has 0 radical (unpaired) electrons. The van der Waals surface area contributed by atoms with Gasteiger partial charge in [0.15, 0.2) is 10.8 Å². The van der Waals surface area contributed by atoms with Crippen LogP contribution in [0.25, 0.3) is 10.8 Å². The van der Waals surface area contributed by atoms with Crippen LogP contribution in [0.5, 0.6) is 0 Å². The van der Waals surface area contributed by atoms with Crippen LogP contribution >= 0.6 is 11.5 Å². The van der Waals surface area contributed by atoms with Gasteiger partial charge >= 0.3 is 0 Å². The average molecular weight is 396 g/mol. The molecule has 2 aromatic rings. The third-order valence-corrected chi connectivity index (χ3v) is 5.64. The zero-order valence-electron chi connectivity index (χ0n) is 15.1. The minimum Gasteiger partial charge on any atom is -0.378 e. The standard InChI is InChI=1S/C17H22F2N6OS/c1-11-20-16(27-24-11)15-22-13(21-12-2-4-17(18,19)5-3-12)10-14(23-15)25-6-8-26-9-7-25/h10,12H,2-9H2,1H3,(H,21,22,23). The summed E-state index contributed by atoms with van der Waals surface area (Å²) in [6, 6.07) is 1.87. The SMILES string of the molecule is Cc1nsc(-c2nc(NC3CCC(F)(F)CC3)cc(N3CCOCC3)n2)n1. The number of rotatable bonds is 4. The van der Waals surface area contributed by atoms with E-state index in [-0.39, 0.29) is 18.9 Å². The fraction of sp³-hybridized carbons (Fsp3) is 0.647. The summed E-state index contributed by atoms with van der Waals surface area (Å²) in [6.07, 6.45) is 0.678. The van der Waals surface area contributed by atoms with Crippen molar-refractivity contribution >= 4 is 23.2 Å². The maximum atomic E-state index is 13.4. The molecule has 1 saturated heterocycles. The second-order valence-corrected chi connectivity index (χ2v) is 7.71. The van der Waals surface area contributed by atoms with Crippen molar-refractivity contribution in [2.24, 2.45) is 0 Å². The van der Waals surface area contributed by atoms with E-state index >= 15 is 0 Å². The second-order valence-electron chi connectivity index (χ2n) is 6.96. The Bertz CT molecular complexity index is 785. The third kappa shape index (κ3) is 4.49. The molecule has 0 amide bonds. The summed E-state index contributed by atoms with van der Waals surface area (Å²) in [5.74, 6) is 0.0786. The lowest BCUT2D eigenvalue weighted by Gasteiger charge is -2.30. The smallest absolute Gasteiger partial charge is 0.248 e. The highest BCUT2D eigenvalue weighted by Crippen LogP contribution is 2.34. The molecule has 2 fully saturated rings. The van der Waals surface area contributed by atoms with Crippen LogP contribution in [0.2, 0.25) is 0 Å². The zero-order chi connectivity index (χ0) is 18.9. The number of hydrogen-bond acceptors (Lipinski definition) is 8. The van der Waals surface area contributed by atoms with E-state index in [1.807, 2.05) is 13.0 Å². The van der Waals surface area contributed by atoms with Gasteiger partial charge in [-0.3, -0.25) is 0 Å².